The average molecular weight is 352 g/mol. The third-order valence-electron chi connectivity index (χ3n) is 3.68. The van der Waals surface area contributed by atoms with E-state index in [0.29, 0.717) is 22.7 Å². The second-order valence-corrected chi connectivity index (χ2v) is 6.58. The number of hydrogen-bond acceptors (Lipinski definition) is 6. The van der Waals surface area contributed by atoms with Gasteiger partial charge in [-0.25, -0.2) is 0 Å². The number of methoxy groups -OCH3 is 2. The predicted octanol–water partition coefficient (Wildman–Crippen LogP) is -1.07. The Labute approximate surface area is 160 Å². The number of imidazole rings is 1. The van der Waals surface area contributed by atoms with Crippen LogP contribution in [-0.2, 0) is 16.6 Å². The Balaban J connectivity index is 0.00000225. The van der Waals surface area contributed by atoms with Crippen molar-refractivity contribution in [2.24, 2.45) is 0 Å². The van der Waals surface area contributed by atoms with Gasteiger partial charge in [-0.05, 0) is 26.0 Å². The fourth-order valence-electron chi connectivity index (χ4n) is 2.43. The normalized spacial score (nSPS) is 11.8. The molecule has 126 valence electrons. The van der Waals surface area contributed by atoms with Gasteiger partial charge in [-0.15, -0.1) is 0 Å². The van der Waals surface area contributed by atoms with Gasteiger partial charge >= 0.3 is 18.9 Å². The van der Waals surface area contributed by atoms with Gasteiger partial charge in [0.05, 0.1) is 41.6 Å². The van der Waals surface area contributed by atoms with Gasteiger partial charge in [0.2, 0.25) is 0 Å². The van der Waals surface area contributed by atoms with Crippen LogP contribution in [0.15, 0.2) is 23.5 Å². The summed E-state index contributed by atoms with van der Waals surface area (Å²) < 4.78 is 23.1. The third kappa shape index (κ3) is 3.87. The molecule has 0 aliphatic heterocycles. The fraction of sp³-hybridized carbons (Fsp3) is 0.312. The van der Waals surface area contributed by atoms with Crippen molar-refractivity contribution in [3.8, 4) is 11.6 Å². The quantitative estimate of drug-likeness (QED) is 0.540. The number of ether oxygens (including phenoxy) is 2. The Kier molecular flexibility index (Phi) is 6.22. The van der Waals surface area contributed by atoms with Gasteiger partial charge in [-0.2, -0.15) is 0 Å². The minimum atomic E-state index is -1.42. The molecule has 1 unspecified atom stereocenters. The summed E-state index contributed by atoms with van der Waals surface area (Å²) in [6.45, 7) is 3.83. The summed E-state index contributed by atoms with van der Waals surface area (Å²) in [7, 11) is 1.72. The summed E-state index contributed by atoms with van der Waals surface area (Å²) in [4.78, 5) is 17.1. The Morgan fingerprint density at radius 1 is 1.16 bits per heavy atom. The van der Waals surface area contributed by atoms with E-state index >= 15 is 0 Å². The first kappa shape index (κ1) is 19.4. The molecular weight excluding hydrogens is 335 g/mol. The first-order valence-electron chi connectivity index (χ1n) is 7.26. The zero-order chi connectivity index (χ0) is 17.3. The Bertz CT molecular complexity index is 929. The van der Waals surface area contributed by atoms with Gasteiger partial charge in [0.25, 0.3) is 0 Å². The molecule has 0 aromatic carbocycles. The van der Waals surface area contributed by atoms with Crippen LogP contribution in [0.1, 0.15) is 16.8 Å². The van der Waals surface area contributed by atoms with Crippen LogP contribution in [0.2, 0.25) is 0 Å². The average Bonchev–Trinajstić information content (AvgIpc) is 3.01. The molecule has 0 saturated heterocycles. The maximum Gasteiger partial charge on any atom is 1.00 e. The van der Waals surface area contributed by atoms with Gasteiger partial charge in [0, 0.05) is 28.5 Å². The number of pyridine rings is 2. The van der Waals surface area contributed by atoms with E-state index < -0.39 is 10.8 Å². The van der Waals surface area contributed by atoms with Gasteiger partial charge in [-0.3, -0.25) is 9.19 Å². The summed E-state index contributed by atoms with van der Waals surface area (Å²) >= 11 is 0. The van der Waals surface area contributed by atoms with E-state index in [4.69, 9.17) is 9.47 Å². The van der Waals surface area contributed by atoms with Crippen molar-refractivity contribution in [3.05, 3.63) is 35.2 Å². The van der Waals surface area contributed by atoms with Crippen LogP contribution < -0.4 is 33.3 Å². The third-order valence-corrected chi connectivity index (χ3v) is 4.80. The van der Waals surface area contributed by atoms with Crippen molar-refractivity contribution in [2.45, 2.75) is 24.8 Å². The molecule has 0 radical (unpaired) electrons. The van der Waals surface area contributed by atoms with Gasteiger partial charge < -0.3 is 24.4 Å². The zero-order valence-electron chi connectivity index (χ0n) is 14.9. The number of aromatic nitrogens is 4. The SMILES string of the molecule is COc1ccc2nc(S(=O)Cc3ncc(C)c(OC)c3C)[n-]c2n1.[Li+]. The van der Waals surface area contributed by atoms with Crippen molar-refractivity contribution in [3.63, 3.8) is 0 Å². The molecule has 0 amide bonds. The smallest absolute Gasteiger partial charge is 0.496 e. The van der Waals surface area contributed by atoms with Gasteiger partial charge in [0.15, 0.2) is 0 Å². The summed E-state index contributed by atoms with van der Waals surface area (Å²) in [5.41, 5.74) is 3.53. The van der Waals surface area contributed by atoms with Crippen molar-refractivity contribution in [2.75, 3.05) is 14.2 Å². The number of hydrogen-bond donors (Lipinski definition) is 0. The van der Waals surface area contributed by atoms with Crippen molar-refractivity contribution in [1.29, 1.82) is 0 Å². The molecule has 9 heteroatoms. The summed E-state index contributed by atoms with van der Waals surface area (Å²) in [6.07, 6.45) is 1.72. The zero-order valence-corrected chi connectivity index (χ0v) is 15.7. The minimum Gasteiger partial charge on any atom is -0.496 e. The van der Waals surface area contributed by atoms with Crippen molar-refractivity contribution in [1.82, 2.24) is 19.9 Å². The van der Waals surface area contributed by atoms with E-state index in [2.05, 4.69) is 19.9 Å². The van der Waals surface area contributed by atoms with E-state index in [1.54, 1.807) is 25.4 Å². The molecule has 0 saturated carbocycles. The van der Waals surface area contributed by atoms with E-state index in [-0.39, 0.29) is 29.8 Å². The van der Waals surface area contributed by atoms with Crippen LogP contribution in [0.4, 0.5) is 0 Å². The molecule has 3 rings (SSSR count). The Morgan fingerprint density at radius 3 is 2.60 bits per heavy atom. The molecule has 3 aromatic rings. The minimum absolute atomic E-state index is 0. The topological polar surface area (TPSA) is 88.3 Å². The van der Waals surface area contributed by atoms with Gasteiger partial charge in [-0.1, -0.05) is 0 Å². The number of aryl methyl sites for hydroxylation is 1. The molecule has 0 aliphatic carbocycles. The summed E-state index contributed by atoms with van der Waals surface area (Å²) in [5, 5.41) is 0.242. The summed E-state index contributed by atoms with van der Waals surface area (Å²) in [6, 6.07) is 3.44. The van der Waals surface area contributed by atoms with E-state index in [0.717, 1.165) is 16.9 Å². The molecule has 0 bridgehead atoms. The molecule has 0 fully saturated rings. The maximum absolute atomic E-state index is 12.6. The van der Waals surface area contributed by atoms with Crippen LogP contribution in [0, 0.1) is 13.8 Å². The molecule has 0 N–H and O–H groups in total. The first-order valence-corrected chi connectivity index (χ1v) is 8.58. The van der Waals surface area contributed by atoms with Crippen LogP contribution in [0.5, 0.6) is 11.6 Å². The van der Waals surface area contributed by atoms with Crippen LogP contribution in [0.3, 0.4) is 0 Å². The maximum atomic E-state index is 12.6. The molecule has 0 aliphatic rings. The van der Waals surface area contributed by atoms with E-state index in [1.165, 1.54) is 7.11 Å². The first-order chi connectivity index (χ1) is 11.5. The van der Waals surface area contributed by atoms with E-state index in [1.807, 2.05) is 13.8 Å². The van der Waals surface area contributed by atoms with Crippen LogP contribution in [-0.4, -0.2) is 33.4 Å². The fourth-order valence-corrected chi connectivity index (χ4v) is 3.49. The molecule has 7 nitrogen and oxygen atoms in total. The van der Waals surface area contributed by atoms with E-state index in [9.17, 15) is 4.21 Å². The monoisotopic (exact) mass is 352 g/mol. The van der Waals surface area contributed by atoms with Crippen LogP contribution >= 0.6 is 0 Å². The largest absolute Gasteiger partial charge is 1.00 e. The second kappa shape index (κ2) is 8.00. The predicted molar refractivity (Wildman–Crippen MR) is 89.8 cm³/mol. The second-order valence-electron chi connectivity index (χ2n) is 5.24. The van der Waals surface area contributed by atoms with Gasteiger partial charge in [0.1, 0.15) is 11.6 Å². The Hall–Kier alpha value is -1.88. The van der Waals surface area contributed by atoms with Crippen molar-refractivity contribution < 1.29 is 32.5 Å². The van der Waals surface area contributed by atoms with Crippen molar-refractivity contribution >= 4 is 22.0 Å². The number of fused-ring (bicyclic) bond motifs is 1. The summed E-state index contributed by atoms with van der Waals surface area (Å²) in [5.74, 6) is 1.42. The number of rotatable bonds is 5. The molecule has 3 heterocycles. The molecule has 3 aromatic heterocycles. The molecule has 1 atom stereocenters. The van der Waals surface area contributed by atoms with Crippen LogP contribution in [0.25, 0.3) is 11.2 Å². The molecule has 25 heavy (non-hydrogen) atoms. The molecule has 0 spiro atoms. The molecular formula is C16H17LiN4O3S. The Morgan fingerprint density at radius 2 is 1.92 bits per heavy atom. The standard InChI is InChI=1S/C16H17N4O3S.Li/c1-9-7-17-12(10(2)14(9)23-4)8-24(21)16-18-11-5-6-13(22-3)19-15(11)20-16;/h5-7H,8H2,1-4H3;/q-1;+1. The number of nitrogens with zero attached hydrogens (tertiary/aromatic N) is 4.